The highest BCUT2D eigenvalue weighted by atomic mass is 16.5. The predicted molar refractivity (Wildman–Crippen MR) is 74.3 cm³/mol. The molecule has 0 fully saturated rings. The second-order valence-corrected chi connectivity index (χ2v) is 4.46. The minimum Gasteiger partial charge on any atom is -0.504 e. The average Bonchev–Trinajstić information content (AvgIpc) is 2.39. The van der Waals surface area contributed by atoms with Gasteiger partial charge in [-0.3, -0.25) is 4.79 Å². The molecule has 5 heteroatoms. The van der Waals surface area contributed by atoms with Crippen LogP contribution in [0.3, 0.4) is 0 Å². The molecule has 19 heavy (non-hydrogen) atoms. The molecule has 1 rings (SSSR count). The van der Waals surface area contributed by atoms with E-state index in [9.17, 15) is 9.90 Å². The van der Waals surface area contributed by atoms with E-state index in [1.807, 2.05) is 13.1 Å². The van der Waals surface area contributed by atoms with E-state index in [-0.39, 0.29) is 11.7 Å². The van der Waals surface area contributed by atoms with Crippen molar-refractivity contribution >= 4 is 5.91 Å². The maximum absolute atomic E-state index is 11.8. The number of hydrogen-bond acceptors (Lipinski definition) is 4. The molecular weight excluding hydrogens is 244 g/mol. The number of nitrogens with one attached hydrogen (secondary N) is 1. The largest absolute Gasteiger partial charge is 0.504 e. The fraction of sp³-hybridized carbons (Fsp3) is 0.500. The van der Waals surface area contributed by atoms with Crippen molar-refractivity contribution in [3.05, 3.63) is 23.8 Å². The van der Waals surface area contributed by atoms with Crippen LogP contribution in [0, 0.1) is 0 Å². The minimum atomic E-state index is 0.0935. The van der Waals surface area contributed by atoms with E-state index in [0.717, 1.165) is 18.5 Å². The third-order valence-corrected chi connectivity index (χ3v) is 2.91. The zero-order valence-corrected chi connectivity index (χ0v) is 11.8. The molecule has 0 spiro atoms. The Labute approximate surface area is 114 Å². The maximum Gasteiger partial charge on any atom is 0.222 e. The summed E-state index contributed by atoms with van der Waals surface area (Å²) in [6.45, 7) is 1.32. The van der Waals surface area contributed by atoms with Crippen molar-refractivity contribution in [2.24, 2.45) is 0 Å². The van der Waals surface area contributed by atoms with E-state index >= 15 is 0 Å². The van der Waals surface area contributed by atoms with Gasteiger partial charge in [-0.25, -0.2) is 0 Å². The van der Waals surface area contributed by atoms with Crippen LogP contribution in [0.15, 0.2) is 18.2 Å². The number of nitrogens with zero attached hydrogens (tertiary/aromatic N) is 1. The van der Waals surface area contributed by atoms with Gasteiger partial charge in [0, 0.05) is 20.0 Å². The summed E-state index contributed by atoms with van der Waals surface area (Å²) in [5.41, 5.74) is 0.878. The van der Waals surface area contributed by atoms with Crippen molar-refractivity contribution in [2.75, 3.05) is 27.7 Å². The molecule has 0 aliphatic heterocycles. The first-order valence-electron chi connectivity index (χ1n) is 6.33. The summed E-state index contributed by atoms with van der Waals surface area (Å²) in [5.74, 6) is 0.633. The van der Waals surface area contributed by atoms with Crippen LogP contribution in [0.5, 0.6) is 11.5 Å². The number of rotatable bonds is 7. The highest BCUT2D eigenvalue weighted by Crippen LogP contribution is 2.26. The van der Waals surface area contributed by atoms with Crippen LogP contribution < -0.4 is 10.1 Å². The Bertz CT molecular complexity index is 421. The van der Waals surface area contributed by atoms with Gasteiger partial charge in [-0.2, -0.15) is 0 Å². The van der Waals surface area contributed by atoms with Crippen molar-refractivity contribution in [1.82, 2.24) is 10.2 Å². The number of carbonyl (C=O) groups is 1. The molecule has 0 aliphatic rings. The lowest BCUT2D eigenvalue weighted by Crippen LogP contribution is -2.26. The zero-order valence-electron chi connectivity index (χ0n) is 11.8. The molecule has 0 heterocycles. The van der Waals surface area contributed by atoms with Gasteiger partial charge < -0.3 is 20.1 Å². The number of amides is 1. The highest BCUT2D eigenvalue weighted by molar-refractivity contribution is 5.75. The lowest BCUT2D eigenvalue weighted by molar-refractivity contribution is -0.130. The standard InChI is InChI=1S/C14H22N2O3/c1-15-8-4-5-14(18)16(2)10-11-6-7-13(19-3)12(17)9-11/h6-7,9,15,17H,4-5,8,10H2,1-3H3. The van der Waals surface area contributed by atoms with Gasteiger partial charge in [0.1, 0.15) is 0 Å². The lowest BCUT2D eigenvalue weighted by Gasteiger charge is -2.17. The second kappa shape index (κ2) is 7.63. The van der Waals surface area contributed by atoms with Crippen molar-refractivity contribution in [1.29, 1.82) is 0 Å². The van der Waals surface area contributed by atoms with Gasteiger partial charge in [-0.15, -0.1) is 0 Å². The predicted octanol–water partition coefficient (Wildman–Crippen LogP) is 1.36. The van der Waals surface area contributed by atoms with Gasteiger partial charge in [0.15, 0.2) is 11.5 Å². The molecule has 2 N–H and O–H groups in total. The molecule has 0 aromatic heterocycles. The SMILES string of the molecule is CNCCCC(=O)N(C)Cc1ccc(OC)c(O)c1. The minimum absolute atomic E-state index is 0.0935. The van der Waals surface area contributed by atoms with Crippen LogP contribution in [0.1, 0.15) is 18.4 Å². The Balaban J connectivity index is 2.54. The Hall–Kier alpha value is -1.75. The van der Waals surface area contributed by atoms with Crippen LogP contribution in [-0.2, 0) is 11.3 Å². The molecule has 0 radical (unpaired) electrons. The summed E-state index contributed by atoms with van der Waals surface area (Å²) in [5, 5.41) is 12.7. The molecular formula is C14H22N2O3. The van der Waals surface area contributed by atoms with Crippen molar-refractivity contribution in [2.45, 2.75) is 19.4 Å². The van der Waals surface area contributed by atoms with Crippen LogP contribution in [0.25, 0.3) is 0 Å². The Kier molecular flexibility index (Phi) is 6.15. The van der Waals surface area contributed by atoms with Crippen molar-refractivity contribution in [3.63, 3.8) is 0 Å². The fourth-order valence-electron chi connectivity index (χ4n) is 1.80. The van der Waals surface area contributed by atoms with Gasteiger partial charge in [-0.1, -0.05) is 6.07 Å². The van der Waals surface area contributed by atoms with E-state index in [0.29, 0.717) is 18.7 Å². The van der Waals surface area contributed by atoms with Gasteiger partial charge >= 0.3 is 0 Å². The van der Waals surface area contributed by atoms with Gasteiger partial charge in [0.05, 0.1) is 7.11 Å². The molecule has 0 bridgehead atoms. The first-order valence-corrected chi connectivity index (χ1v) is 6.33. The number of methoxy groups -OCH3 is 1. The summed E-state index contributed by atoms with van der Waals surface area (Å²) in [6.07, 6.45) is 1.35. The number of phenols is 1. The average molecular weight is 266 g/mol. The number of carbonyl (C=O) groups excluding carboxylic acids is 1. The molecule has 0 saturated heterocycles. The first kappa shape index (κ1) is 15.3. The van der Waals surface area contributed by atoms with E-state index in [2.05, 4.69) is 5.32 Å². The zero-order chi connectivity index (χ0) is 14.3. The molecule has 5 nitrogen and oxygen atoms in total. The molecule has 1 aromatic rings. The maximum atomic E-state index is 11.8. The molecule has 106 valence electrons. The third-order valence-electron chi connectivity index (χ3n) is 2.91. The Morgan fingerprint density at radius 2 is 2.21 bits per heavy atom. The highest BCUT2D eigenvalue weighted by Gasteiger charge is 2.10. The number of phenolic OH excluding ortho intramolecular Hbond substituents is 1. The van der Waals surface area contributed by atoms with Gasteiger partial charge in [-0.05, 0) is 37.7 Å². The third kappa shape index (κ3) is 4.79. The van der Waals surface area contributed by atoms with Gasteiger partial charge in [0.25, 0.3) is 0 Å². The van der Waals surface area contributed by atoms with Gasteiger partial charge in [0.2, 0.25) is 5.91 Å². The smallest absolute Gasteiger partial charge is 0.222 e. The van der Waals surface area contributed by atoms with Crippen LogP contribution >= 0.6 is 0 Å². The monoisotopic (exact) mass is 266 g/mol. The Morgan fingerprint density at radius 1 is 1.47 bits per heavy atom. The van der Waals surface area contributed by atoms with Crippen molar-refractivity contribution in [3.8, 4) is 11.5 Å². The number of ether oxygens (including phenoxy) is 1. The summed E-state index contributed by atoms with van der Waals surface area (Å²) >= 11 is 0. The molecule has 0 saturated carbocycles. The summed E-state index contributed by atoms with van der Waals surface area (Å²) in [4.78, 5) is 13.5. The molecule has 0 aliphatic carbocycles. The molecule has 1 amide bonds. The molecule has 0 unspecified atom stereocenters. The van der Waals surface area contributed by atoms with Crippen LogP contribution in [-0.4, -0.2) is 43.7 Å². The van der Waals surface area contributed by atoms with E-state index < -0.39 is 0 Å². The molecule has 0 atom stereocenters. The van der Waals surface area contributed by atoms with Crippen LogP contribution in [0.2, 0.25) is 0 Å². The number of benzene rings is 1. The summed E-state index contributed by atoms with van der Waals surface area (Å²) in [7, 11) is 5.14. The fourth-order valence-corrected chi connectivity index (χ4v) is 1.80. The quantitative estimate of drug-likeness (QED) is 0.732. The molecule has 1 aromatic carbocycles. The van der Waals surface area contributed by atoms with Crippen LogP contribution in [0.4, 0.5) is 0 Å². The second-order valence-electron chi connectivity index (χ2n) is 4.46. The van der Waals surface area contributed by atoms with E-state index in [4.69, 9.17) is 4.74 Å². The number of hydrogen-bond donors (Lipinski definition) is 2. The van der Waals surface area contributed by atoms with E-state index in [1.54, 1.807) is 24.1 Å². The summed E-state index contributed by atoms with van der Waals surface area (Å²) in [6, 6.07) is 5.16. The lowest BCUT2D eigenvalue weighted by atomic mass is 10.2. The van der Waals surface area contributed by atoms with Crippen molar-refractivity contribution < 1.29 is 14.6 Å². The van der Waals surface area contributed by atoms with E-state index in [1.165, 1.54) is 7.11 Å². The normalized spacial score (nSPS) is 10.3. The first-order chi connectivity index (χ1) is 9.08. The topological polar surface area (TPSA) is 61.8 Å². The number of aromatic hydroxyl groups is 1. The Morgan fingerprint density at radius 3 is 2.79 bits per heavy atom. The summed E-state index contributed by atoms with van der Waals surface area (Å²) < 4.78 is 4.98.